The molecule has 0 amide bonds. The Morgan fingerprint density at radius 1 is 1.28 bits per heavy atom. The Morgan fingerprint density at radius 2 is 1.83 bits per heavy atom. The van der Waals surface area contributed by atoms with Crippen molar-refractivity contribution in [2.75, 3.05) is 6.54 Å². The van der Waals surface area contributed by atoms with E-state index in [1.807, 2.05) is 0 Å². The monoisotopic (exact) mass is 249 g/mol. The van der Waals surface area contributed by atoms with E-state index in [4.69, 9.17) is 5.73 Å². The maximum atomic E-state index is 11.3. The summed E-state index contributed by atoms with van der Waals surface area (Å²) in [7, 11) is 0. The molecule has 0 spiro atoms. The SMILES string of the molecule is Cc1cc(C)c(CC(CCCN)C(=O)O)c(C)c1. The van der Waals surface area contributed by atoms with Gasteiger partial charge in [-0.3, -0.25) is 4.79 Å². The third kappa shape index (κ3) is 3.84. The van der Waals surface area contributed by atoms with Gasteiger partial charge in [-0.15, -0.1) is 0 Å². The zero-order chi connectivity index (χ0) is 13.7. The highest BCUT2D eigenvalue weighted by molar-refractivity contribution is 5.70. The zero-order valence-electron chi connectivity index (χ0n) is 11.5. The van der Waals surface area contributed by atoms with Gasteiger partial charge in [-0.1, -0.05) is 17.7 Å². The van der Waals surface area contributed by atoms with Gasteiger partial charge in [0.1, 0.15) is 0 Å². The summed E-state index contributed by atoms with van der Waals surface area (Å²) in [4.78, 5) is 11.3. The lowest BCUT2D eigenvalue weighted by Gasteiger charge is -2.16. The van der Waals surface area contributed by atoms with E-state index in [0.717, 1.165) is 6.42 Å². The molecule has 0 bridgehead atoms. The molecule has 0 saturated heterocycles. The molecule has 3 nitrogen and oxygen atoms in total. The fourth-order valence-electron chi connectivity index (χ4n) is 2.46. The lowest BCUT2D eigenvalue weighted by Crippen LogP contribution is -2.19. The minimum Gasteiger partial charge on any atom is -0.481 e. The molecule has 0 aliphatic carbocycles. The van der Waals surface area contributed by atoms with Gasteiger partial charge in [-0.05, 0) is 63.3 Å². The zero-order valence-corrected chi connectivity index (χ0v) is 11.5. The molecule has 3 N–H and O–H groups in total. The van der Waals surface area contributed by atoms with E-state index >= 15 is 0 Å². The third-order valence-electron chi connectivity index (χ3n) is 3.40. The van der Waals surface area contributed by atoms with E-state index in [2.05, 4.69) is 32.9 Å². The molecule has 1 rings (SSSR count). The first-order valence-corrected chi connectivity index (χ1v) is 6.45. The van der Waals surface area contributed by atoms with Crippen LogP contribution in [0.3, 0.4) is 0 Å². The van der Waals surface area contributed by atoms with Gasteiger partial charge in [0.2, 0.25) is 0 Å². The van der Waals surface area contributed by atoms with Gasteiger partial charge in [0.15, 0.2) is 0 Å². The van der Waals surface area contributed by atoms with Gasteiger partial charge in [-0.2, -0.15) is 0 Å². The Morgan fingerprint density at radius 3 is 2.28 bits per heavy atom. The quantitative estimate of drug-likeness (QED) is 0.814. The molecule has 3 heteroatoms. The first-order chi connectivity index (χ1) is 8.45. The van der Waals surface area contributed by atoms with Crippen molar-refractivity contribution in [2.24, 2.45) is 11.7 Å². The van der Waals surface area contributed by atoms with Crippen molar-refractivity contribution in [3.8, 4) is 0 Å². The fourth-order valence-corrected chi connectivity index (χ4v) is 2.46. The van der Waals surface area contributed by atoms with Crippen LogP contribution in [0, 0.1) is 26.7 Å². The van der Waals surface area contributed by atoms with Gasteiger partial charge < -0.3 is 10.8 Å². The molecule has 0 aromatic heterocycles. The number of nitrogens with two attached hydrogens (primary N) is 1. The van der Waals surface area contributed by atoms with E-state index < -0.39 is 5.97 Å². The highest BCUT2D eigenvalue weighted by Crippen LogP contribution is 2.22. The van der Waals surface area contributed by atoms with Crippen LogP contribution >= 0.6 is 0 Å². The summed E-state index contributed by atoms with van der Waals surface area (Å²) >= 11 is 0. The van der Waals surface area contributed by atoms with Gasteiger partial charge in [0.25, 0.3) is 0 Å². The maximum absolute atomic E-state index is 11.3. The Kier molecular flexibility index (Phi) is 5.35. The number of carboxylic acid groups (broad SMARTS) is 1. The van der Waals surface area contributed by atoms with Crippen LogP contribution in [0.5, 0.6) is 0 Å². The van der Waals surface area contributed by atoms with Crippen LogP contribution < -0.4 is 5.73 Å². The molecule has 0 aliphatic heterocycles. The predicted octanol–water partition coefficient (Wildman–Crippen LogP) is 2.59. The summed E-state index contributed by atoms with van der Waals surface area (Å²) in [5, 5.41) is 9.26. The van der Waals surface area contributed by atoms with Crippen molar-refractivity contribution < 1.29 is 9.90 Å². The maximum Gasteiger partial charge on any atom is 0.306 e. The summed E-state index contributed by atoms with van der Waals surface area (Å²) in [5.41, 5.74) is 10.2. The van der Waals surface area contributed by atoms with Crippen LogP contribution in [0.25, 0.3) is 0 Å². The first kappa shape index (κ1) is 14.7. The minimum absolute atomic E-state index is 0.325. The van der Waals surface area contributed by atoms with Crippen molar-refractivity contribution in [3.63, 3.8) is 0 Å². The van der Waals surface area contributed by atoms with Gasteiger partial charge in [0.05, 0.1) is 5.92 Å². The molecule has 0 aliphatic rings. The second-order valence-electron chi connectivity index (χ2n) is 5.05. The van der Waals surface area contributed by atoms with Crippen LogP contribution in [0.2, 0.25) is 0 Å². The summed E-state index contributed by atoms with van der Waals surface area (Å²) < 4.78 is 0. The van der Waals surface area contributed by atoms with Crippen molar-refractivity contribution >= 4 is 5.97 Å². The molecule has 0 fully saturated rings. The topological polar surface area (TPSA) is 63.3 Å². The summed E-state index contributed by atoms with van der Waals surface area (Å²) in [6.07, 6.45) is 2.02. The molecule has 0 heterocycles. The Hall–Kier alpha value is -1.35. The molecule has 1 atom stereocenters. The lowest BCUT2D eigenvalue weighted by molar-refractivity contribution is -0.141. The van der Waals surface area contributed by atoms with E-state index in [0.29, 0.717) is 19.4 Å². The van der Waals surface area contributed by atoms with E-state index in [1.165, 1.54) is 22.3 Å². The second-order valence-corrected chi connectivity index (χ2v) is 5.05. The fraction of sp³-hybridized carbons (Fsp3) is 0.533. The molecular weight excluding hydrogens is 226 g/mol. The first-order valence-electron chi connectivity index (χ1n) is 6.45. The molecule has 1 aromatic rings. The average Bonchev–Trinajstić information content (AvgIpc) is 2.26. The summed E-state index contributed by atoms with van der Waals surface area (Å²) in [5.74, 6) is -1.04. The number of carbonyl (C=O) groups is 1. The second kappa shape index (κ2) is 6.55. The predicted molar refractivity (Wildman–Crippen MR) is 73.8 cm³/mol. The third-order valence-corrected chi connectivity index (χ3v) is 3.40. The van der Waals surface area contributed by atoms with Crippen LogP contribution in [0.15, 0.2) is 12.1 Å². The highest BCUT2D eigenvalue weighted by atomic mass is 16.4. The van der Waals surface area contributed by atoms with Crippen LogP contribution in [-0.2, 0) is 11.2 Å². The Labute approximate surface area is 109 Å². The molecule has 0 saturated carbocycles. The van der Waals surface area contributed by atoms with Gasteiger partial charge in [-0.25, -0.2) is 0 Å². The van der Waals surface area contributed by atoms with Gasteiger partial charge >= 0.3 is 5.97 Å². The number of benzene rings is 1. The molecule has 100 valence electrons. The van der Waals surface area contributed by atoms with Crippen molar-refractivity contribution in [1.82, 2.24) is 0 Å². The normalized spacial score (nSPS) is 12.4. The lowest BCUT2D eigenvalue weighted by atomic mass is 9.89. The van der Waals surface area contributed by atoms with Crippen molar-refractivity contribution in [2.45, 2.75) is 40.0 Å². The largest absolute Gasteiger partial charge is 0.481 e. The molecule has 1 unspecified atom stereocenters. The minimum atomic E-state index is -0.720. The summed E-state index contributed by atoms with van der Waals surface area (Å²) in [6.45, 7) is 6.72. The molecule has 1 aromatic carbocycles. The Balaban J connectivity index is 2.90. The number of hydrogen-bond donors (Lipinski definition) is 2. The number of carboxylic acids is 1. The van der Waals surface area contributed by atoms with Crippen molar-refractivity contribution in [1.29, 1.82) is 0 Å². The van der Waals surface area contributed by atoms with Crippen molar-refractivity contribution in [3.05, 3.63) is 34.4 Å². The van der Waals surface area contributed by atoms with E-state index in [1.54, 1.807) is 0 Å². The van der Waals surface area contributed by atoms with E-state index in [9.17, 15) is 9.90 Å². The number of hydrogen-bond acceptors (Lipinski definition) is 2. The molecule has 0 radical (unpaired) electrons. The highest BCUT2D eigenvalue weighted by Gasteiger charge is 2.19. The number of aliphatic carboxylic acids is 1. The van der Waals surface area contributed by atoms with Crippen LogP contribution in [-0.4, -0.2) is 17.6 Å². The standard InChI is InChI=1S/C15H23NO2/c1-10-7-11(2)14(12(3)8-10)9-13(15(17)18)5-4-6-16/h7-8,13H,4-6,9,16H2,1-3H3,(H,17,18). The van der Waals surface area contributed by atoms with E-state index in [-0.39, 0.29) is 5.92 Å². The molecule has 18 heavy (non-hydrogen) atoms. The Bertz CT molecular complexity index is 403. The summed E-state index contributed by atoms with van der Waals surface area (Å²) in [6, 6.07) is 4.23. The number of rotatable bonds is 6. The average molecular weight is 249 g/mol. The van der Waals surface area contributed by atoms with Crippen LogP contribution in [0.4, 0.5) is 0 Å². The molecular formula is C15H23NO2. The van der Waals surface area contributed by atoms with Gasteiger partial charge in [0, 0.05) is 0 Å². The number of aryl methyl sites for hydroxylation is 3. The van der Waals surface area contributed by atoms with Crippen LogP contribution in [0.1, 0.15) is 35.1 Å². The smallest absolute Gasteiger partial charge is 0.306 e.